The van der Waals surface area contributed by atoms with Gasteiger partial charge in [-0.25, -0.2) is 0 Å². The van der Waals surface area contributed by atoms with Crippen molar-refractivity contribution in [3.05, 3.63) is 47.7 Å². The monoisotopic (exact) mass is 300 g/mol. The predicted molar refractivity (Wildman–Crippen MR) is 83.1 cm³/mol. The van der Waals surface area contributed by atoms with E-state index in [9.17, 15) is 14.4 Å². The molecular formula is C17H20N2O3. The minimum Gasteiger partial charge on any atom is -0.374 e. The maximum absolute atomic E-state index is 12.0. The van der Waals surface area contributed by atoms with Crippen LogP contribution in [0.15, 0.2) is 42.1 Å². The molecule has 1 saturated heterocycles. The Morgan fingerprint density at radius 3 is 2.36 bits per heavy atom. The van der Waals surface area contributed by atoms with Crippen molar-refractivity contribution >= 4 is 17.6 Å². The van der Waals surface area contributed by atoms with Gasteiger partial charge >= 0.3 is 0 Å². The second-order valence-corrected chi connectivity index (χ2v) is 5.39. The number of allylic oxidation sites excluding steroid dienone is 1. The van der Waals surface area contributed by atoms with Crippen LogP contribution in [0.5, 0.6) is 0 Å². The van der Waals surface area contributed by atoms with Crippen molar-refractivity contribution in [1.82, 2.24) is 10.2 Å². The van der Waals surface area contributed by atoms with Crippen molar-refractivity contribution < 1.29 is 14.4 Å². The number of carbonyl (C=O) groups excluding carboxylic acids is 3. The first-order valence-electron chi connectivity index (χ1n) is 7.41. The molecule has 0 unspecified atom stereocenters. The summed E-state index contributed by atoms with van der Waals surface area (Å²) in [6.07, 6.45) is 3.69. The van der Waals surface area contributed by atoms with E-state index in [2.05, 4.69) is 5.32 Å². The molecule has 0 aromatic heterocycles. The first kappa shape index (κ1) is 15.9. The molecule has 1 aliphatic rings. The fraction of sp³-hybridized carbons (Fsp3) is 0.353. The first-order chi connectivity index (χ1) is 10.6. The molecule has 1 aliphatic heterocycles. The topological polar surface area (TPSA) is 66.5 Å². The van der Waals surface area contributed by atoms with Gasteiger partial charge in [0.15, 0.2) is 0 Å². The number of ketones is 1. The second kappa shape index (κ2) is 7.54. The lowest BCUT2D eigenvalue weighted by Gasteiger charge is -2.20. The molecule has 2 amide bonds. The van der Waals surface area contributed by atoms with Crippen LogP contribution < -0.4 is 5.32 Å². The molecule has 0 radical (unpaired) electrons. The first-order valence-corrected chi connectivity index (χ1v) is 7.41. The van der Waals surface area contributed by atoms with Crippen LogP contribution in [-0.4, -0.2) is 35.6 Å². The molecular weight excluding hydrogens is 280 g/mol. The average Bonchev–Trinajstić information content (AvgIpc) is 3.01. The highest BCUT2D eigenvalue weighted by Gasteiger charge is 2.18. The van der Waals surface area contributed by atoms with Gasteiger partial charge in [-0.3, -0.25) is 19.7 Å². The van der Waals surface area contributed by atoms with Gasteiger partial charge in [0.2, 0.25) is 0 Å². The van der Waals surface area contributed by atoms with Gasteiger partial charge in [0.05, 0.1) is 0 Å². The van der Waals surface area contributed by atoms with Crippen molar-refractivity contribution in [2.75, 3.05) is 13.1 Å². The van der Waals surface area contributed by atoms with Crippen molar-refractivity contribution in [3.8, 4) is 0 Å². The highest BCUT2D eigenvalue weighted by molar-refractivity contribution is 6.08. The summed E-state index contributed by atoms with van der Waals surface area (Å²) in [6, 6.07) is 8.56. The van der Waals surface area contributed by atoms with Crippen molar-refractivity contribution in [2.24, 2.45) is 0 Å². The van der Waals surface area contributed by atoms with E-state index in [1.165, 1.54) is 13.0 Å². The zero-order valence-corrected chi connectivity index (χ0v) is 12.7. The Bertz CT molecular complexity index is 587. The molecule has 0 bridgehead atoms. The summed E-state index contributed by atoms with van der Waals surface area (Å²) in [5.74, 6) is -0.928. The second-order valence-electron chi connectivity index (χ2n) is 5.39. The van der Waals surface area contributed by atoms with Crippen molar-refractivity contribution in [1.29, 1.82) is 0 Å². The molecule has 22 heavy (non-hydrogen) atoms. The molecule has 1 aromatic rings. The van der Waals surface area contributed by atoms with Crippen LogP contribution in [0, 0.1) is 0 Å². The van der Waals surface area contributed by atoms with Crippen LogP contribution in [0.25, 0.3) is 0 Å². The Balaban J connectivity index is 2.05. The van der Waals surface area contributed by atoms with Gasteiger partial charge in [-0.15, -0.1) is 0 Å². The van der Waals surface area contributed by atoms with E-state index in [0.717, 1.165) is 25.9 Å². The number of likely N-dealkylation sites (tertiary alicyclic amines) is 1. The number of hydrogen-bond donors (Lipinski definition) is 1. The summed E-state index contributed by atoms with van der Waals surface area (Å²) in [7, 11) is 0. The molecule has 0 saturated carbocycles. The van der Waals surface area contributed by atoms with Gasteiger partial charge in [-0.05, 0) is 31.9 Å². The van der Waals surface area contributed by atoms with E-state index < -0.39 is 11.8 Å². The fourth-order valence-corrected chi connectivity index (χ4v) is 2.47. The molecule has 1 fully saturated rings. The van der Waals surface area contributed by atoms with E-state index in [1.807, 2.05) is 4.90 Å². The van der Waals surface area contributed by atoms with Crippen LogP contribution in [0.1, 0.15) is 36.5 Å². The molecule has 5 heteroatoms. The Kier molecular flexibility index (Phi) is 5.47. The Morgan fingerprint density at radius 1 is 1.14 bits per heavy atom. The maximum Gasteiger partial charge on any atom is 0.258 e. The summed E-state index contributed by atoms with van der Waals surface area (Å²) in [6.45, 7) is 3.19. The molecule has 0 aliphatic carbocycles. The summed E-state index contributed by atoms with van der Waals surface area (Å²) in [4.78, 5) is 37.4. The Labute approximate surface area is 130 Å². The normalized spacial score (nSPS) is 14.8. The van der Waals surface area contributed by atoms with E-state index in [1.54, 1.807) is 30.3 Å². The predicted octanol–water partition coefficient (Wildman–Crippen LogP) is 1.90. The number of nitrogens with zero attached hydrogens (tertiary/aromatic N) is 1. The third-order valence-electron chi connectivity index (χ3n) is 3.51. The van der Waals surface area contributed by atoms with Gasteiger partial charge in [0.1, 0.15) is 5.78 Å². The highest BCUT2D eigenvalue weighted by atomic mass is 16.2. The number of nitrogens with one attached hydrogen (secondary N) is 1. The number of benzene rings is 1. The van der Waals surface area contributed by atoms with Crippen molar-refractivity contribution in [3.63, 3.8) is 0 Å². The molecule has 1 heterocycles. The summed E-state index contributed by atoms with van der Waals surface area (Å²) in [5.41, 5.74) is 1.11. The Morgan fingerprint density at radius 2 is 1.77 bits per heavy atom. The Hall–Kier alpha value is -2.43. The third kappa shape index (κ3) is 4.55. The minimum absolute atomic E-state index is 0.000311. The summed E-state index contributed by atoms with van der Waals surface area (Å²) >= 11 is 0. The number of rotatable bonds is 5. The van der Waals surface area contributed by atoms with E-state index in [4.69, 9.17) is 0 Å². The molecule has 1 aromatic carbocycles. The van der Waals surface area contributed by atoms with Crippen LogP contribution in [0.2, 0.25) is 0 Å². The van der Waals surface area contributed by atoms with Gasteiger partial charge in [0.25, 0.3) is 11.8 Å². The molecule has 1 N–H and O–H groups in total. The molecule has 5 nitrogen and oxygen atoms in total. The highest BCUT2D eigenvalue weighted by Crippen LogP contribution is 2.17. The molecule has 0 atom stereocenters. The van der Waals surface area contributed by atoms with Gasteiger partial charge in [0, 0.05) is 36.8 Å². The lowest BCUT2D eigenvalue weighted by molar-refractivity contribution is -0.116. The van der Waals surface area contributed by atoms with E-state index in [0.29, 0.717) is 11.3 Å². The third-order valence-corrected chi connectivity index (χ3v) is 3.51. The molecule has 2 rings (SSSR count). The van der Waals surface area contributed by atoms with Gasteiger partial charge < -0.3 is 4.90 Å². The number of amides is 2. The average molecular weight is 300 g/mol. The smallest absolute Gasteiger partial charge is 0.258 e. The van der Waals surface area contributed by atoms with Crippen LogP contribution >= 0.6 is 0 Å². The standard InChI is InChI=1S/C17H20N2O3/c1-13(20)11-15(19-9-5-6-10-19)12-16(21)18-17(22)14-7-3-2-4-8-14/h2-4,7-8,12H,5-6,9-11H2,1H3,(H,18,21,22). The zero-order valence-electron chi connectivity index (χ0n) is 12.7. The lowest BCUT2D eigenvalue weighted by atomic mass is 10.2. The van der Waals surface area contributed by atoms with Crippen LogP contribution in [0.4, 0.5) is 0 Å². The molecule has 116 valence electrons. The zero-order chi connectivity index (χ0) is 15.9. The van der Waals surface area contributed by atoms with E-state index in [-0.39, 0.29) is 12.2 Å². The number of imide groups is 1. The minimum atomic E-state index is -0.489. The van der Waals surface area contributed by atoms with Crippen molar-refractivity contribution in [2.45, 2.75) is 26.2 Å². The number of carbonyl (C=O) groups is 3. The fourth-order valence-electron chi connectivity index (χ4n) is 2.47. The van der Waals surface area contributed by atoms with Gasteiger partial charge in [-0.1, -0.05) is 18.2 Å². The molecule has 0 spiro atoms. The quantitative estimate of drug-likeness (QED) is 0.843. The SMILES string of the molecule is CC(=O)CC(=CC(=O)NC(=O)c1ccccc1)N1CCCC1. The summed E-state index contributed by atoms with van der Waals surface area (Å²) < 4.78 is 0. The number of Topliss-reactive ketones (excluding diaryl/α,β-unsaturated/α-hetero) is 1. The van der Waals surface area contributed by atoms with E-state index >= 15 is 0 Å². The van der Waals surface area contributed by atoms with Gasteiger partial charge in [-0.2, -0.15) is 0 Å². The van der Waals surface area contributed by atoms with Crippen LogP contribution in [0.3, 0.4) is 0 Å². The number of hydrogen-bond acceptors (Lipinski definition) is 4. The van der Waals surface area contributed by atoms with Crippen LogP contribution in [-0.2, 0) is 9.59 Å². The summed E-state index contributed by atoms with van der Waals surface area (Å²) in [5, 5.41) is 2.33. The largest absolute Gasteiger partial charge is 0.374 e. The maximum atomic E-state index is 12.0. The lowest BCUT2D eigenvalue weighted by Crippen LogP contribution is -2.30.